The number of thiophene rings is 1. The van der Waals surface area contributed by atoms with E-state index >= 15 is 0 Å². The minimum absolute atomic E-state index is 0.465. The van der Waals surface area contributed by atoms with Gasteiger partial charge in [0.15, 0.2) is 0 Å². The van der Waals surface area contributed by atoms with Gasteiger partial charge in [-0.05, 0) is 36.6 Å². The standard InChI is InChI=1S/C15H24N2O2S2/c18-21(19,17-9-7-12-3-1-2-4-12)15-8-10-20-14(15)11-16-13-5-6-13/h8,10,12-13,16-17H,1-7,9,11H2. The van der Waals surface area contributed by atoms with Gasteiger partial charge in [-0.2, -0.15) is 0 Å². The van der Waals surface area contributed by atoms with Crippen molar-refractivity contribution < 1.29 is 8.42 Å². The summed E-state index contributed by atoms with van der Waals surface area (Å²) in [5.41, 5.74) is 0. The Labute approximate surface area is 131 Å². The number of nitrogens with one attached hydrogen (secondary N) is 2. The van der Waals surface area contributed by atoms with Crippen molar-refractivity contribution in [1.82, 2.24) is 10.0 Å². The van der Waals surface area contributed by atoms with Crippen LogP contribution in [0, 0.1) is 5.92 Å². The minimum atomic E-state index is -3.35. The van der Waals surface area contributed by atoms with E-state index in [1.54, 1.807) is 6.07 Å². The smallest absolute Gasteiger partial charge is 0.241 e. The average Bonchev–Trinajstić information content (AvgIpc) is 2.93. The molecule has 0 spiro atoms. The van der Waals surface area contributed by atoms with Crippen molar-refractivity contribution in [3.8, 4) is 0 Å². The molecule has 0 aromatic carbocycles. The maximum atomic E-state index is 12.4. The molecule has 2 fully saturated rings. The quantitative estimate of drug-likeness (QED) is 0.771. The van der Waals surface area contributed by atoms with Gasteiger partial charge in [0.05, 0.1) is 4.90 Å². The Kier molecular flexibility index (Phi) is 4.99. The fourth-order valence-electron chi connectivity index (χ4n) is 3.00. The molecule has 3 rings (SSSR count). The summed E-state index contributed by atoms with van der Waals surface area (Å²) in [5, 5.41) is 5.26. The molecular weight excluding hydrogens is 304 g/mol. The van der Waals surface area contributed by atoms with Gasteiger partial charge in [-0.1, -0.05) is 25.7 Å². The second kappa shape index (κ2) is 6.77. The van der Waals surface area contributed by atoms with Crippen LogP contribution in [0.2, 0.25) is 0 Å². The Morgan fingerprint density at radius 3 is 2.67 bits per heavy atom. The number of sulfonamides is 1. The molecule has 2 aliphatic carbocycles. The molecule has 0 bridgehead atoms. The molecular formula is C15H24N2O2S2. The molecule has 1 aromatic heterocycles. The third-order valence-electron chi connectivity index (χ3n) is 4.44. The van der Waals surface area contributed by atoms with E-state index in [4.69, 9.17) is 0 Å². The lowest BCUT2D eigenvalue weighted by molar-refractivity contribution is 0.495. The fraction of sp³-hybridized carbons (Fsp3) is 0.733. The molecule has 0 radical (unpaired) electrons. The lowest BCUT2D eigenvalue weighted by atomic mass is 10.1. The highest BCUT2D eigenvalue weighted by Crippen LogP contribution is 2.28. The van der Waals surface area contributed by atoms with Crippen LogP contribution in [0.15, 0.2) is 16.3 Å². The van der Waals surface area contributed by atoms with Crippen LogP contribution < -0.4 is 10.0 Å². The number of hydrogen-bond donors (Lipinski definition) is 2. The first-order valence-corrected chi connectivity index (χ1v) is 10.3. The van der Waals surface area contributed by atoms with Crippen LogP contribution in [0.1, 0.15) is 49.8 Å². The lowest BCUT2D eigenvalue weighted by Crippen LogP contribution is -2.27. The fourth-order valence-corrected chi connectivity index (χ4v) is 5.44. The van der Waals surface area contributed by atoms with Gasteiger partial charge in [0.1, 0.15) is 0 Å². The first kappa shape index (κ1) is 15.5. The molecule has 21 heavy (non-hydrogen) atoms. The van der Waals surface area contributed by atoms with Crippen LogP contribution in [0.25, 0.3) is 0 Å². The minimum Gasteiger partial charge on any atom is -0.309 e. The highest BCUT2D eigenvalue weighted by molar-refractivity contribution is 7.89. The van der Waals surface area contributed by atoms with Crippen molar-refractivity contribution in [1.29, 1.82) is 0 Å². The largest absolute Gasteiger partial charge is 0.309 e. The van der Waals surface area contributed by atoms with E-state index in [0.717, 1.165) is 11.3 Å². The van der Waals surface area contributed by atoms with Crippen molar-refractivity contribution in [3.05, 3.63) is 16.3 Å². The molecule has 6 heteroatoms. The second-order valence-corrected chi connectivity index (χ2v) is 8.94. The van der Waals surface area contributed by atoms with Crippen molar-refractivity contribution in [2.75, 3.05) is 6.54 Å². The van der Waals surface area contributed by atoms with Crippen LogP contribution in [0.3, 0.4) is 0 Å². The maximum Gasteiger partial charge on any atom is 0.241 e. The molecule has 1 aromatic rings. The molecule has 0 saturated heterocycles. The second-order valence-electron chi connectivity index (χ2n) is 6.20. The molecule has 2 aliphatic rings. The van der Waals surface area contributed by atoms with Gasteiger partial charge in [-0.15, -0.1) is 11.3 Å². The SMILES string of the molecule is O=S(=O)(NCCC1CCCC1)c1ccsc1CNC1CC1. The summed E-state index contributed by atoms with van der Waals surface area (Å²) < 4.78 is 27.6. The van der Waals surface area contributed by atoms with E-state index in [-0.39, 0.29) is 0 Å². The topological polar surface area (TPSA) is 58.2 Å². The number of hydrogen-bond acceptors (Lipinski definition) is 4. The normalized spacial score (nSPS) is 20.2. The Bertz CT molecular complexity index is 558. The van der Waals surface area contributed by atoms with Crippen molar-refractivity contribution >= 4 is 21.4 Å². The van der Waals surface area contributed by atoms with E-state index < -0.39 is 10.0 Å². The maximum absolute atomic E-state index is 12.4. The molecule has 2 saturated carbocycles. The Balaban J connectivity index is 1.54. The molecule has 0 unspecified atom stereocenters. The Hall–Kier alpha value is -0.430. The van der Waals surface area contributed by atoms with Crippen LogP contribution in [-0.2, 0) is 16.6 Å². The molecule has 0 amide bonds. The highest BCUT2D eigenvalue weighted by Gasteiger charge is 2.24. The summed E-state index contributed by atoms with van der Waals surface area (Å²) in [6, 6.07) is 2.32. The van der Waals surface area contributed by atoms with E-state index in [1.807, 2.05) is 5.38 Å². The summed E-state index contributed by atoms with van der Waals surface area (Å²) in [4.78, 5) is 1.39. The van der Waals surface area contributed by atoms with Crippen LogP contribution in [-0.4, -0.2) is 21.0 Å². The molecule has 4 nitrogen and oxygen atoms in total. The summed E-state index contributed by atoms with van der Waals surface area (Å²) in [6.45, 7) is 1.24. The zero-order valence-corrected chi connectivity index (χ0v) is 13.9. The van der Waals surface area contributed by atoms with Gasteiger partial charge in [0.25, 0.3) is 0 Å². The van der Waals surface area contributed by atoms with Gasteiger partial charge in [0.2, 0.25) is 10.0 Å². The first-order valence-electron chi connectivity index (χ1n) is 7.94. The Morgan fingerprint density at radius 1 is 1.19 bits per heavy atom. The third kappa shape index (κ3) is 4.28. The summed E-state index contributed by atoms with van der Waals surface area (Å²) in [7, 11) is -3.35. The van der Waals surface area contributed by atoms with Crippen molar-refractivity contribution in [3.63, 3.8) is 0 Å². The van der Waals surface area contributed by atoms with E-state index in [0.29, 0.717) is 29.9 Å². The van der Waals surface area contributed by atoms with Crippen molar-refractivity contribution in [2.24, 2.45) is 5.92 Å². The summed E-state index contributed by atoms with van der Waals surface area (Å²) >= 11 is 1.52. The van der Waals surface area contributed by atoms with Gasteiger partial charge < -0.3 is 5.32 Å². The average molecular weight is 329 g/mol. The molecule has 2 N–H and O–H groups in total. The van der Waals surface area contributed by atoms with Crippen LogP contribution in [0.5, 0.6) is 0 Å². The predicted molar refractivity (Wildman–Crippen MR) is 85.9 cm³/mol. The van der Waals surface area contributed by atoms with Gasteiger partial charge in [-0.25, -0.2) is 13.1 Å². The van der Waals surface area contributed by atoms with Gasteiger partial charge in [-0.3, -0.25) is 0 Å². The van der Waals surface area contributed by atoms with Gasteiger partial charge in [0, 0.05) is 24.0 Å². The zero-order chi connectivity index (χ0) is 14.7. The monoisotopic (exact) mass is 328 g/mol. The molecule has 1 heterocycles. The number of rotatable bonds is 8. The molecule has 118 valence electrons. The highest BCUT2D eigenvalue weighted by atomic mass is 32.2. The Morgan fingerprint density at radius 2 is 1.95 bits per heavy atom. The summed E-state index contributed by atoms with van der Waals surface area (Å²) in [5.74, 6) is 0.714. The zero-order valence-electron chi connectivity index (χ0n) is 12.3. The third-order valence-corrected chi connectivity index (χ3v) is 7.04. The van der Waals surface area contributed by atoms with E-state index in [2.05, 4.69) is 10.0 Å². The predicted octanol–water partition coefficient (Wildman–Crippen LogP) is 2.86. The molecule has 0 atom stereocenters. The lowest BCUT2D eigenvalue weighted by Gasteiger charge is -2.11. The van der Waals surface area contributed by atoms with Crippen molar-refractivity contribution in [2.45, 2.75) is 62.4 Å². The first-order chi connectivity index (χ1) is 10.1. The van der Waals surface area contributed by atoms with Gasteiger partial charge >= 0.3 is 0 Å². The van der Waals surface area contributed by atoms with E-state index in [1.165, 1.54) is 49.9 Å². The van der Waals surface area contributed by atoms with E-state index in [9.17, 15) is 8.42 Å². The van der Waals surface area contributed by atoms with Crippen LogP contribution in [0.4, 0.5) is 0 Å². The van der Waals surface area contributed by atoms with Crippen LogP contribution >= 0.6 is 11.3 Å². The summed E-state index contributed by atoms with van der Waals surface area (Å²) in [6.07, 6.45) is 8.53. The molecule has 0 aliphatic heterocycles.